The van der Waals surface area contributed by atoms with Gasteiger partial charge in [-0.25, -0.2) is 13.8 Å². The maximum atomic E-state index is 11.4. The van der Waals surface area contributed by atoms with E-state index in [4.69, 9.17) is 5.41 Å². The van der Waals surface area contributed by atoms with Crippen LogP contribution >= 0.6 is 0 Å². The van der Waals surface area contributed by atoms with E-state index in [2.05, 4.69) is 10.3 Å². The summed E-state index contributed by atoms with van der Waals surface area (Å²) in [5.74, 6) is 0. The molecule has 0 aromatic carbocycles. The summed E-state index contributed by atoms with van der Waals surface area (Å²) in [6.45, 7) is 6.49. The maximum absolute atomic E-state index is 11.4. The number of sulfonamides is 1. The van der Waals surface area contributed by atoms with Crippen LogP contribution in [0, 0.1) is 5.41 Å². The van der Waals surface area contributed by atoms with Crippen molar-refractivity contribution in [2.24, 2.45) is 0 Å². The Hall–Kier alpha value is -0.460. The highest BCUT2D eigenvalue weighted by molar-refractivity contribution is 7.90. The van der Waals surface area contributed by atoms with Crippen LogP contribution in [0.3, 0.4) is 0 Å². The van der Waals surface area contributed by atoms with Crippen LogP contribution in [0.4, 0.5) is 0 Å². The molecule has 13 heavy (non-hydrogen) atoms. The summed E-state index contributed by atoms with van der Waals surface area (Å²) in [7, 11) is -3.37. The smallest absolute Gasteiger partial charge is 0.229 e. The maximum Gasteiger partial charge on any atom is 0.229 e. The molecule has 0 bridgehead atoms. The minimum atomic E-state index is -3.37. The molecule has 78 valence electrons. The predicted molar refractivity (Wildman–Crippen MR) is 53.2 cm³/mol. The molecule has 0 aromatic rings. The van der Waals surface area contributed by atoms with E-state index in [-0.39, 0.29) is 6.04 Å². The number of hydrazine groups is 1. The van der Waals surface area contributed by atoms with Crippen LogP contribution in [0.25, 0.3) is 0 Å². The number of rotatable bonds is 4. The van der Waals surface area contributed by atoms with Crippen LogP contribution in [0.15, 0.2) is 0 Å². The third-order valence-corrected chi connectivity index (χ3v) is 3.48. The standard InChI is InChI=1S/C7H17N3O2S/c1-6(5-8)9-10-13(11,12)7(2,3)4/h5-6,8-10H,1-4H3. The molecule has 0 spiro atoms. The van der Waals surface area contributed by atoms with Crippen molar-refractivity contribution in [2.45, 2.75) is 38.5 Å². The lowest BCUT2D eigenvalue weighted by Crippen LogP contribution is -2.49. The molecule has 0 aromatic heterocycles. The fourth-order valence-electron chi connectivity index (χ4n) is 0.365. The van der Waals surface area contributed by atoms with Crippen molar-refractivity contribution in [3.63, 3.8) is 0 Å². The van der Waals surface area contributed by atoms with E-state index in [0.29, 0.717) is 0 Å². The lowest BCUT2D eigenvalue weighted by molar-refractivity contribution is 0.518. The third kappa shape index (κ3) is 3.84. The molecule has 0 aliphatic rings. The van der Waals surface area contributed by atoms with Gasteiger partial charge in [-0.2, -0.15) is 4.83 Å². The van der Waals surface area contributed by atoms with Gasteiger partial charge < -0.3 is 5.41 Å². The first-order chi connectivity index (χ1) is 5.70. The van der Waals surface area contributed by atoms with Crippen LogP contribution in [0.2, 0.25) is 0 Å². The summed E-state index contributed by atoms with van der Waals surface area (Å²) in [6.07, 6.45) is 1.12. The van der Waals surface area contributed by atoms with Gasteiger partial charge in [0.1, 0.15) is 0 Å². The molecular formula is C7H17N3O2S. The Morgan fingerprint density at radius 1 is 1.38 bits per heavy atom. The predicted octanol–water partition coefficient (Wildman–Crippen LogP) is 0.247. The minimum Gasteiger partial charge on any atom is -0.311 e. The average Bonchev–Trinajstić information content (AvgIpc) is 1.98. The molecule has 1 unspecified atom stereocenters. The van der Waals surface area contributed by atoms with Gasteiger partial charge in [-0.15, -0.1) is 0 Å². The largest absolute Gasteiger partial charge is 0.311 e. The van der Waals surface area contributed by atoms with E-state index < -0.39 is 14.8 Å². The van der Waals surface area contributed by atoms with Crippen molar-refractivity contribution in [3.05, 3.63) is 0 Å². The van der Waals surface area contributed by atoms with Crippen molar-refractivity contribution in [2.75, 3.05) is 0 Å². The zero-order chi connectivity index (χ0) is 10.7. The van der Waals surface area contributed by atoms with Crippen molar-refractivity contribution in [1.29, 1.82) is 5.41 Å². The first-order valence-corrected chi connectivity index (χ1v) is 5.46. The van der Waals surface area contributed by atoms with E-state index in [1.165, 1.54) is 0 Å². The second kappa shape index (κ2) is 4.17. The molecular weight excluding hydrogens is 190 g/mol. The van der Waals surface area contributed by atoms with Gasteiger partial charge in [0.05, 0.1) is 10.8 Å². The number of hydrogen-bond donors (Lipinski definition) is 3. The Morgan fingerprint density at radius 2 is 1.85 bits per heavy atom. The summed E-state index contributed by atoms with van der Waals surface area (Å²) in [5.41, 5.74) is 2.50. The molecule has 0 aliphatic heterocycles. The molecule has 6 heteroatoms. The lowest BCUT2D eigenvalue weighted by atomic mass is 10.3. The topological polar surface area (TPSA) is 82.1 Å². The Balaban J connectivity index is 4.30. The normalized spacial score (nSPS) is 15.4. The van der Waals surface area contributed by atoms with Gasteiger partial charge in [0.2, 0.25) is 10.0 Å². The molecule has 5 nitrogen and oxygen atoms in total. The summed E-state index contributed by atoms with van der Waals surface area (Å²) < 4.78 is 22.0. The Bertz CT molecular complexity index is 266. The van der Waals surface area contributed by atoms with Crippen LogP contribution in [0.1, 0.15) is 27.7 Å². The minimum absolute atomic E-state index is 0.308. The molecule has 0 fully saturated rings. The summed E-state index contributed by atoms with van der Waals surface area (Å²) in [4.78, 5) is 2.22. The van der Waals surface area contributed by atoms with Gasteiger partial charge in [0.25, 0.3) is 0 Å². The van der Waals surface area contributed by atoms with Gasteiger partial charge in [-0.05, 0) is 27.7 Å². The first-order valence-electron chi connectivity index (χ1n) is 3.98. The molecule has 0 rings (SSSR count). The van der Waals surface area contributed by atoms with Crippen molar-refractivity contribution in [3.8, 4) is 0 Å². The first kappa shape index (κ1) is 12.5. The van der Waals surface area contributed by atoms with E-state index >= 15 is 0 Å². The zero-order valence-electron chi connectivity index (χ0n) is 8.38. The SMILES string of the molecule is CC(C=N)NNS(=O)(=O)C(C)(C)C. The van der Waals surface area contributed by atoms with Crippen LogP contribution in [0.5, 0.6) is 0 Å². The summed E-state index contributed by atoms with van der Waals surface area (Å²) >= 11 is 0. The molecule has 0 heterocycles. The summed E-state index contributed by atoms with van der Waals surface area (Å²) in [5, 5.41) is 6.85. The Morgan fingerprint density at radius 3 is 2.15 bits per heavy atom. The average molecular weight is 207 g/mol. The van der Waals surface area contributed by atoms with Crippen molar-refractivity contribution in [1.82, 2.24) is 10.3 Å². The van der Waals surface area contributed by atoms with E-state index in [1.807, 2.05) is 0 Å². The molecule has 0 saturated carbocycles. The highest BCUT2D eigenvalue weighted by Crippen LogP contribution is 2.11. The lowest BCUT2D eigenvalue weighted by Gasteiger charge is -2.21. The molecule has 0 radical (unpaired) electrons. The molecule has 1 atom stereocenters. The third-order valence-electron chi connectivity index (χ3n) is 1.48. The van der Waals surface area contributed by atoms with Crippen LogP contribution in [-0.2, 0) is 10.0 Å². The molecule has 0 amide bonds. The molecule has 3 N–H and O–H groups in total. The van der Waals surface area contributed by atoms with Gasteiger partial charge in [-0.3, -0.25) is 0 Å². The number of hydrogen-bond acceptors (Lipinski definition) is 4. The number of nitrogens with one attached hydrogen (secondary N) is 3. The fourth-order valence-corrected chi connectivity index (χ4v) is 1.01. The van der Waals surface area contributed by atoms with Crippen LogP contribution in [-0.4, -0.2) is 25.4 Å². The van der Waals surface area contributed by atoms with Gasteiger partial charge >= 0.3 is 0 Å². The zero-order valence-corrected chi connectivity index (χ0v) is 9.20. The van der Waals surface area contributed by atoms with Crippen molar-refractivity contribution < 1.29 is 8.42 Å². The fraction of sp³-hybridized carbons (Fsp3) is 0.857. The van der Waals surface area contributed by atoms with Gasteiger partial charge in [0, 0.05) is 6.21 Å². The van der Waals surface area contributed by atoms with Crippen LogP contribution < -0.4 is 10.3 Å². The quantitative estimate of drug-likeness (QED) is 0.456. The molecule has 0 aliphatic carbocycles. The second-order valence-corrected chi connectivity index (χ2v) is 6.25. The highest BCUT2D eigenvalue weighted by atomic mass is 32.2. The second-order valence-electron chi connectivity index (χ2n) is 3.82. The summed E-state index contributed by atoms with van der Waals surface area (Å²) in [6, 6.07) is -0.308. The van der Waals surface area contributed by atoms with Gasteiger partial charge in [0.15, 0.2) is 0 Å². The highest BCUT2D eigenvalue weighted by Gasteiger charge is 2.28. The van der Waals surface area contributed by atoms with Gasteiger partial charge in [-0.1, -0.05) is 0 Å². The molecule has 0 saturated heterocycles. The van der Waals surface area contributed by atoms with Crippen molar-refractivity contribution >= 4 is 16.2 Å². The Labute approximate surface area is 79.4 Å². The van der Waals surface area contributed by atoms with E-state index in [0.717, 1.165) is 6.21 Å². The Kier molecular flexibility index (Phi) is 4.02. The monoisotopic (exact) mass is 207 g/mol. The van der Waals surface area contributed by atoms with E-state index in [1.54, 1.807) is 27.7 Å². The van der Waals surface area contributed by atoms with E-state index in [9.17, 15) is 8.42 Å².